The molecule has 1 aromatic heterocycles. The average Bonchev–Trinajstić information content (AvgIpc) is 2.55. The third-order valence-electron chi connectivity index (χ3n) is 4.29. The van der Waals surface area contributed by atoms with Gasteiger partial charge in [0.15, 0.2) is 0 Å². The van der Waals surface area contributed by atoms with Crippen LogP contribution in [0.5, 0.6) is 0 Å². The van der Waals surface area contributed by atoms with Gasteiger partial charge in [0.1, 0.15) is 5.82 Å². The third-order valence-corrected chi connectivity index (χ3v) is 4.29. The van der Waals surface area contributed by atoms with E-state index in [1.807, 2.05) is 54.3 Å². The molecule has 1 aliphatic heterocycles. The van der Waals surface area contributed by atoms with Crippen LogP contribution in [0.15, 0.2) is 42.5 Å². The molecule has 114 valence electrons. The van der Waals surface area contributed by atoms with Gasteiger partial charge in [0, 0.05) is 17.8 Å². The van der Waals surface area contributed by atoms with Gasteiger partial charge in [-0.15, -0.1) is 0 Å². The molecule has 2 N–H and O–H groups in total. The van der Waals surface area contributed by atoms with Crippen molar-refractivity contribution < 1.29 is 4.79 Å². The topological polar surface area (TPSA) is 59.2 Å². The predicted molar refractivity (Wildman–Crippen MR) is 87.5 cm³/mol. The number of piperidine rings is 1. The van der Waals surface area contributed by atoms with Gasteiger partial charge in [-0.05, 0) is 49.9 Å². The van der Waals surface area contributed by atoms with E-state index in [2.05, 4.69) is 4.98 Å². The van der Waals surface area contributed by atoms with Crippen molar-refractivity contribution in [3.8, 4) is 0 Å². The van der Waals surface area contributed by atoms with Gasteiger partial charge >= 0.3 is 0 Å². The molecule has 0 radical (unpaired) electrons. The molecule has 0 unspecified atom stereocenters. The monoisotopic (exact) mass is 295 g/mol. The van der Waals surface area contributed by atoms with Crippen molar-refractivity contribution in [1.82, 2.24) is 9.88 Å². The first-order valence-corrected chi connectivity index (χ1v) is 7.76. The van der Waals surface area contributed by atoms with Crippen molar-refractivity contribution in [3.05, 3.63) is 59.3 Å². The summed E-state index contributed by atoms with van der Waals surface area (Å²) in [5.41, 5.74) is 8.52. The Morgan fingerprint density at radius 2 is 1.95 bits per heavy atom. The second-order valence-corrected chi connectivity index (χ2v) is 5.79. The molecule has 3 rings (SSSR count). The number of amides is 1. The summed E-state index contributed by atoms with van der Waals surface area (Å²) in [6, 6.07) is 13.4. The van der Waals surface area contributed by atoms with Crippen molar-refractivity contribution in [2.45, 2.75) is 32.2 Å². The van der Waals surface area contributed by atoms with Crippen LogP contribution >= 0.6 is 0 Å². The summed E-state index contributed by atoms with van der Waals surface area (Å²) in [6.07, 6.45) is 3.16. The summed E-state index contributed by atoms with van der Waals surface area (Å²) in [4.78, 5) is 19.2. The Labute approximate surface area is 131 Å². The van der Waals surface area contributed by atoms with Crippen LogP contribution in [0.1, 0.15) is 46.9 Å². The molecule has 0 spiro atoms. The molecule has 1 amide bonds. The maximum Gasteiger partial charge on any atom is 0.254 e. The first-order valence-electron chi connectivity index (χ1n) is 7.76. The zero-order valence-electron chi connectivity index (χ0n) is 12.8. The highest BCUT2D eigenvalue weighted by Crippen LogP contribution is 2.33. The Morgan fingerprint density at radius 3 is 2.68 bits per heavy atom. The number of aryl methyl sites for hydroxylation is 1. The van der Waals surface area contributed by atoms with Crippen LogP contribution < -0.4 is 5.73 Å². The minimum atomic E-state index is 0.0922. The molecule has 2 aromatic rings. The van der Waals surface area contributed by atoms with Gasteiger partial charge in [0.2, 0.25) is 0 Å². The number of benzene rings is 1. The average molecular weight is 295 g/mol. The first-order chi connectivity index (χ1) is 10.7. The van der Waals surface area contributed by atoms with Crippen LogP contribution in [0.25, 0.3) is 0 Å². The van der Waals surface area contributed by atoms with E-state index >= 15 is 0 Å². The Kier molecular flexibility index (Phi) is 4.09. The van der Waals surface area contributed by atoms with Gasteiger partial charge in [0.05, 0.1) is 6.04 Å². The van der Waals surface area contributed by atoms with Crippen molar-refractivity contribution >= 4 is 11.7 Å². The van der Waals surface area contributed by atoms with Crippen LogP contribution in [-0.4, -0.2) is 22.3 Å². The quantitative estimate of drug-likeness (QED) is 0.924. The molecule has 0 saturated carbocycles. The number of carbonyl (C=O) groups excluding carboxylic acids is 1. The Morgan fingerprint density at radius 1 is 1.18 bits per heavy atom. The maximum absolute atomic E-state index is 12.8. The minimum Gasteiger partial charge on any atom is -0.384 e. The Bertz CT molecular complexity index is 669. The van der Waals surface area contributed by atoms with E-state index in [1.165, 1.54) is 0 Å². The number of pyridine rings is 1. The third kappa shape index (κ3) is 2.82. The fourth-order valence-electron chi connectivity index (χ4n) is 3.19. The zero-order chi connectivity index (χ0) is 15.5. The fourth-order valence-corrected chi connectivity index (χ4v) is 3.19. The second kappa shape index (κ2) is 6.18. The molecular formula is C18H21N3O. The first kappa shape index (κ1) is 14.6. The van der Waals surface area contributed by atoms with E-state index < -0.39 is 0 Å². The molecular weight excluding hydrogens is 274 g/mol. The second-order valence-electron chi connectivity index (χ2n) is 5.79. The molecule has 2 heterocycles. The molecule has 0 bridgehead atoms. The van der Waals surface area contributed by atoms with Gasteiger partial charge in [-0.2, -0.15) is 0 Å². The number of nitrogens with zero attached hydrogens (tertiary/aromatic N) is 2. The molecule has 1 fully saturated rings. The molecule has 4 nitrogen and oxygen atoms in total. The molecule has 0 aliphatic carbocycles. The highest BCUT2D eigenvalue weighted by molar-refractivity contribution is 5.94. The number of nitrogens with two attached hydrogens (primary N) is 1. The van der Waals surface area contributed by atoms with E-state index in [4.69, 9.17) is 5.73 Å². The number of likely N-dealkylation sites (tertiary alicyclic amines) is 1. The van der Waals surface area contributed by atoms with E-state index in [9.17, 15) is 4.79 Å². The Hall–Kier alpha value is -2.36. The van der Waals surface area contributed by atoms with Crippen LogP contribution in [0.2, 0.25) is 0 Å². The predicted octanol–water partition coefficient (Wildman–Crippen LogP) is 3.34. The maximum atomic E-state index is 12.8. The normalized spacial score (nSPS) is 18.2. The standard InChI is InChI=1S/C18H21N3O/c1-13-15(10-11-17(19)20-13)16-9-5-6-12-21(16)18(22)14-7-3-2-4-8-14/h2-4,7-8,10-11,16H,5-6,9,12H2,1H3,(H2,19,20)/t16-/m0/s1. The fraction of sp³-hybridized carbons (Fsp3) is 0.333. The molecule has 1 aromatic carbocycles. The number of anilines is 1. The van der Waals surface area contributed by atoms with Gasteiger partial charge in [-0.25, -0.2) is 4.98 Å². The van der Waals surface area contributed by atoms with Gasteiger partial charge in [-0.1, -0.05) is 24.3 Å². The van der Waals surface area contributed by atoms with Crippen LogP contribution in [-0.2, 0) is 0 Å². The highest BCUT2D eigenvalue weighted by atomic mass is 16.2. The molecule has 1 atom stereocenters. The van der Waals surface area contributed by atoms with E-state index in [-0.39, 0.29) is 11.9 Å². The number of hydrogen-bond donors (Lipinski definition) is 1. The largest absolute Gasteiger partial charge is 0.384 e. The van der Waals surface area contributed by atoms with Crippen LogP contribution in [0.3, 0.4) is 0 Å². The summed E-state index contributed by atoms with van der Waals surface area (Å²) in [5.74, 6) is 0.625. The van der Waals surface area contributed by atoms with Crippen molar-refractivity contribution in [3.63, 3.8) is 0 Å². The lowest BCUT2D eigenvalue weighted by molar-refractivity contribution is 0.0610. The van der Waals surface area contributed by atoms with Crippen molar-refractivity contribution in [1.29, 1.82) is 0 Å². The summed E-state index contributed by atoms with van der Waals surface area (Å²) in [5, 5.41) is 0. The summed E-state index contributed by atoms with van der Waals surface area (Å²) in [6.45, 7) is 2.76. The summed E-state index contributed by atoms with van der Waals surface area (Å²) < 4.78 is 0. The van der Waals surface area contributed by atoms with Crippen LogP contribution in [0, 0.1) is 6.92 Å². The number of nitrogen functional groups attached to an aromatic ring is 1. The smallest absolute Gasteiger partial charge is 0.254 e. The lowest BCUT2D eigenvalue weighted by Crippen LogP contribution is -2.38. The molecule has 1 aliphatic rings. The van der Waals surface area contributed by atoms with Gasteiger partial charge in [-0.3, -0.25) is 4.79 Å². The lowest BCUT2D eigenvalue weighted by Gasteiger charge is -2.36. The molecule has 22 heavy (non-hydrogen) atoms. The molecule has 4 heteroatoms. The van der Waals surface area contributed by atoms with Gasteiger partial charge < -0.3 is 10.6 Å². The number of aromatic nitrogens is 1. The van der Waals surface area contributed by atoms with E-state index in [0.717, 1.165) is 42.6 Å². The number of carbonyl (C=O) groups is 1. The number of rotatable bonds is 2. The zero-order valence-corrected chi connectivity index (χ0v) is 12.8. The van der Waals surface area contributed by atoms with Crippen molar-refractivity contribution in [2.24, 2.45) is 0 Å². The SMILES string of the molecule is Cc1nc(N)ccc1[C@@H]1CCCCN1C(=O)c1ccccc1. The lowest BCUT2D eigenvalue weighted by atomic mass is 9.93. The van der Waals surface area contributed by atoms with Crippen molar-refractivity contribution in [2.75, 3.05) is 12.3 Å². The van der Waals surface area contributed by atoms with Crippen LogP contribution in [0.4, 0.5) is 5.82 Å². The van der Waals surface area contributed by atoms with E-state index in [1.54, 1.807) is 0 Å². The van der Waals surface area contributed by atoms with Gasteiger partial charge in [0.25, 0.3) is 5.91 Å². The minimum absolute atomic E-state index is 0.0922. The van der Waals surface area contributed by atoms with E-state index in [0.29, 0.717) is 5.82 Å². The molecule has 1 saturated heterocycles. The summed E-state index contributed by atoms with van der Waals surface area (Å²) in [7, 11) is 0. The highest BCUT2D eigenvalue weighted by Gasteiger charge is 2.29. The Balaban J connectivity index is 1.93. The summed E-state index contributed by atoms with van der Waals surface area (Å²) >= 11 is 0. The number of hydrogen-bond acceptors (Lipinski definition) is 3.